The summed E-state index contributed by atoms with van der Waals surface area (Å²) >= 11 is 1.30. The number of hydrogen-bond donors (Lipinski definition) is 2. The quantitative estimate of drug-likeness (QED) is 0.521. The molecule has 0 spiro atoms. The van der Waals surface area contributed by atoms with Crippen molar-refractivity contribution in [1.29, 1.82) is 0 Å². The summed E-state index contributed by atoms with van der Waals surface area (Å²) in [6.07, 6.45) is 4.95. The maximum absolute atomic E-state index is 11.9. The summed E-state index contributed by atoms with van der Waals surface area (Å²) in [4.78, 5) is 27.8. The SMILES string of the molecule is O=C(CSc1nccn1Cc1ccccc1)NNC(=O)c1ccco1. The minimum atomic E-state index is -0.506. The molecule has 0 saturated heterocycles. The number of nitrogens with zero attached hydrogens (tertiary/aromatic N) is 2. The fraction of sp³-hybridized carbons (Fsp3) is 0.118. The Kier molecular flexibility index (Phi) is 5.53. The Morgan fingerprint density at radius 3 is 2.72 bits per heavy atom. The fourth-order valence-electron chi connectivity index (χ4n) is 2.10. The summed E-state index contributed by atoms with van der Waals surface area (Å²) in [5.74, 6) is -0.580. The Hall–Kier alpha value is -3.00. The topological polar surface area (TPSA) is 89.2 Å². The molecule has 0 aliphatic rings. The maximum Gasteiger partial charge on any atom is 0.305 e. The minimum Gasteiger partial charge on any atom is -0.459 e. The number of rotatable bonds is 6. The third-order valence-electron chi connectivity index (χ3n) is 3.27. The standard InChI is InChI=1S/C17H16N4O3S/c22-15(19-20-16(23)14-7-4-10-24-14)12-25-17-18-8-9-21(17)11-13-5-2-1-3-6-13/h1-10H,11-12H2,(H,19,22)(H,20,23). The first-order chi connectivity index (χ1) is 12.2. The van der Waals surface area contributed by atoms with Crippen molar-refractivity contribution in [2.24, 2.45) is 0 Å². The van der Waals surface area contributed by atoms with Crippen LogP contribution in [0.2, 0.25) is 0 Å². The first-order valence-electron chi connectivity index (χ1n) is 7.53. The number of furan rings is 1. The van der Waals surface area contributed by atoms with Crippen molar-refractivity contribution in [2.75, 3.05) is 5.75 Å². The van der Waals surface area contributed by atoms with Crippen LogP contribution in [-0.4, -0.2) is 27.1 Å². The lowest BCUT2D eigenvalue weighted by atomic mass is 10.2. The molecule has 2 aromatic heterocycles. The highest BCUT2D eigenvalue weighted by atomic mass is 32.2. The van der Waals surface area contributed by atoms with Crippen LogP contribution in [0.4, 0.5) is 0 Å². The molecule has 2 heterocycles. The Bertz CT molecular complexity index is 831. The number of nitrogens with one attached hydrogen (secondary N) is 2. The van der Waals surface area contributed by atoms with Crippen LogP contribution >= 0.6 is 11.8 Å². The fourth-order valence-corrected chi connectivity index (χ4v) is 2.86. The second-order valence-corrected chi connectivity index (χ2v) is 6.03. The van der Waals surface area contributed by atoms with Crippen LogP contribution in [-0.2, 0) is 11.3 Å². The molecule has 1 aromatic carbocycles. The molecule has 128 valence electrons. The van der Waals surface area contributed by atoms with E-state index in [-0.39, 0.29) is 17.4 Å². The molecule has 0 saturated carbocycles. The lowest BCUT2D eigenvalue weighted by Gasteiger charge is -2.08. The minimum absolute atomic E-state index is 0.129. The van der Waals surface area contributed by atoms with E-state index in [4.69, 9.17) is 4.42 Å². The predicted octanol–water partition coefficient (Wildman–Crippen LogP) is 2.08. The summed E-state index contributed by atoms with van der Waals surface area (Å²) in [6.45, 7) is 0.681. The van der Waals surface area contributed by atoms with Gasteiger partial charge in [0.05, 0.1) is 12.0 Å². The maximum atomic E-state index is 11.9. The van der Waals surface area contributed by atoms with Gasteiger partial charge >= 0.3 is 5.91 Å². The number of hydrazine groups is 1. The molecule has 0 atom stereocenters. The number of carbonyl (C=O) groups is 2. The van der Waals surface area contributed by atoms with Crippen molar-refractivity contribution in [2.45, 2.75) is 11.7 Å². The number of benzene rings is 1. The average Bonchev–Trinajstić information content (AvgIpc) is 3.31. The number of aromatic nitrogens is 2. The number of amides is 2. The first kappa shape index (κ1) is 16.8. The highest BCUT2D eigenvalue weighted by Gasteiger charge is 2.11. The third kappa shape index (κ3) is 4.74. The van der Waals surface area contributed by atoms with Gasteiger partial charge in [-0.25, -0.2) is 4.98 Å². The molecule has 2 amide bonds. The van der Waals surface area contributed by atoms with Crippen molar-refractivity contribution in [1.82, 2.24) is 20.4 Å². The number of carbonyl (C=O) groups excluding carboxylic acids is 2. The van der Waals surface area contributed by atoms with E-state index in [0.29, 0.717) is 6.54 Å². The monoisotopic (exact) mass is 356 g/mol. The molecule has 0 aliphatic carbocycles. The highest BCUT2D eigenvalue weighted by molar-refractivity contribution is 7.99. The van der Waals surface area contributed by atoms with Crippen LogP contribution < -0.4 is 10.9 Å². The summed E-state index contributed by atoms with van der Waals surface area (Å²) in [5.41, 5.74) is 5.79. The van der Waals surface area contributed by atoms with Gasteiger partial charge in [0.15, 0.2) is 10.9 Å². The Labute approximate surface area is 148 Å². The Morgan fingerprint density at radius 2 is 1.96 bits per heavy atom. The lowest BCUT2D eigenvalue weighted by molar-refractivity contribution is -0.119. The van der Waals surface area contributed by atoms with Crippen LogP contribution in [0.5, 0.6) is 0 Å². The summed E-state index contributed by atoms with van der Waals surface area (Å²) in [5, 5.41) is 0.733. The smallest absolute Gasteiger partial charge is 0.305 e. The van der Waals surface area contributed by atoms with E-state index in [9.17, 15) is 9.59 Å². The molecule has 8 heteroatoms. The molecule has 7 nitrogen and oxygen atoms in total. The molecule has 0 bridgehead atoms. The van der Waals surface area contributed by atoms with E-state index >= 15 is 0 Å². The zero-order chi connectivity index (χ0) is 17.5. The van der Waals surface area contributed by atoms with Crippen molar-refractivity contribution >= 4 is 23.6 Å². The van der Waals surface area contributed by atoms with Gasteiger partial charge in [-0.1, -0.05) is 42.1 Å². The van der Waals surface area contributed by atoms with Crippen LogP contribution in [0, 0.1) is 0 Å². The van der Waals surface area contributed by atoms with E-state index in [1.807, 2.05) is 41.1 Å². The second kappa shape index (κ2) is 8.20. The van der Waals surface area contributed by atoms with Gasteiger partial charge < -0.3 is 8.98 Å². The molecule has 25 heavy (non-hydrogen) atoms. The second-order valence-electron chi connectivity index (χ2n) is 5.09. The van der Waals surface area contributed by atoms with Gasteiger partial charge in [-0.2, -0.15) is 0 Å². The van der Waals surface area contributed by atoms with Gasteiger partial charge in [-0.3, -0.25) is 20.4 Å². The third-order valence-corrected chi connectivity index (χ3v) is 4.27. The molecule has 0 aliphatic heterocycles. The van der Waals surface area contributed by atoms with E-state index in [1.165, 1.54) is 24.1 Å². The van der Waals surface area contributed by atoms with Gasteiger partial charge in [0, 0.05) is 18.9 Å². The van der Waals surface area contributed by atoms with E-state index in [0.717, 1.165) is 10.7 Å². The van der Waals surface area contributed by atoms with E-state index in [2.05, 4.69) is 15.8 Å². The molecule has 2 N–H and O–H groups in total. The molecule has 3 aromatic rings. The normalized spacial score (nSPS) is 10.4. The molecular formula is C17H16N4O3S. The van der Waals surface area contributed by atoms with Gasteiger partial charge in [0.25, 0.3) is 0 Å². The average molecular weight is 356 g/mol. The summed E-state index contributed by atoms with van der Waals surface area (Å²) in [6, 6.07) is 13.1. The van der Waals surface area contributed by atoms with Crippen LogP contribution in [0.1, 0.15) is 16.1 Å². The van der Waals surface area contributed by atoms with Crippen LogP contribution in [0.25, 0.3) is 0 Å². The number of thioether (sulfide) groups is 1. The zero-order valence-corrected chi connectivity index (χ0v) is 14.0. The summed E-state index contributed by atoms with van der Waals surface area (Å²) in [7, 11) is 0. The van der Waals surface area contributed by atoms with Crippen molar-refractivity contribution in [3.63, 3.8) is 0 Å². The predicted molar refractivity (Wildman–Crippen MR) is 92.8 cm³/mol. The van der Waals surface area contributed by atoms with Crippen molar-refractivity contribution < 1.29 is 14.0 Å². The van der Waals surface area contributed by atoms with E-state index in [1.54, 1.807) is 12.3 Å². The Morgan fingerprint density at radius 1 is 1.12 bits per heavy atom. The van der Waals surface area contributed by atoms with Gasteiger partial charge in [0.2, 0.25) is 5.91 Å². The van der Waals surface area contributed by atoms with E-state index < -0.39 is 5.91 Å². The first-order valence-corrected chi connectivity index (χ1v) is 8.51. The molecule has 0 radical (unpaired) electrons. The number of hydrogen-bond acceptors (Lipinski definition) is 5. The molecule has 3 rings (SSSR count). The van der Waals surface area contributed by atoms with Gasteiger partial charge in [-0.05, 0) is 17.7 Å². The van der Waals surface area contributed by atoms with Crippen LogP contribution in [0.15, 0.2) is 70.7 Å². The zero-order valence-electron chi connectivity index (χ0n) is 13.2. The van der Waals surface area contributed by atoms with Gasteiger partial charge in [-0.15, -0.1) is 0 Å². The highest BCUT2D eigenvalue weighted by Crippen LogP contribution is 2.16. The molecular weight excluding hydrogens is 340 g/mol. The van der Waals surface area contributed by atoms with Crippen LogP contribution in [0.3, 0.4) is 0 Å². The van der Waals surface area contributed by atoms with Crippen molar-refractivity contribution in [3.8, 4) is 0 Å². The van der Waals surface area contributed by atoms with Crippen molar-refractivity contribution in [3.05, 3.63) is 72.4 Å². The number of imidazole rings is 1. The Balaban J connectivity index is 1.48. The summed E-state index contributed by atoms with van der Waals surface area (Å²) < 4.78 is 6.90. The molecule has 0 unspecified atom stereocenters. The largest absolute Gasteiger partial charge is 0.459 e. The lowest BCUT2D eigenvalue weighted by Crippen LogP contribution is -2.42. The molecule has 0 fully saturated rings. The van der Waals surface area contributed by atoms with Gasteiger partial charge in [0.1, 0.15) is 0 Å².